The van der Waals surface area contributed by atoms with Gasteiger partial charge < -0.3 is 16.0 Å². The Labute approximate surface area is 181 Å². The van der Waals surface area contributed by atoms with E-state index >= 15 is 0 Å². The van der Waals surface area contributed by atoms with E-state index in [1.165, 1.54) is 12.1 Å². The Bertz CT molecular complexity index is 835. The molecule has 1 aliphatic carbocycles. The van der Waals surface area contributed by atoms with Crippen LogP contribution in [0.3, 0.4) is 0 Å². The zero-order valence-corrected chi connectivity index (χ0v) is 17.6. The number of carbonyl (C=O) groups excluding carboxylic acids is 2. The van der Waals surface area contributed by atoms with E-state index in [9.17, 15) is 14.0 Å². The number of urea groups is 1. The highest BCUT2D eigenvalue weighted by atomic mass is 35.5. The fourth-order valence-electron chi connectivity index (χ4n) is 3.66. The van der Waals surface area contributed by atoms with Gasteiger partial charge >= 0.3 is 6.03 Å². The highest BCUT2D eigenvalue weighted by Crippen LogP contribution is 2.28. The average Bonchev–Trinajstić information content (AvgIpc) is 2.77. The van der Waals surface area contributed by atoms with Gasteiger partial charge in [0, 0.05) is 30.2 Å². The molecule has 3 N–H and O–H groups in total. The summed E-state index contributed by atoms with van der Waals surface area (Å²) in [5.41, 5.74) is 1.47. The van der Waals surface area contributed by atoms with E-state index in [1.807, 2.05) is 0 Å². The van der Waals surface area contributed by atoms with E-state index < -0.39 is 0 Å². The van der Waals surface area contributed by atoms with E-state index in [0.717, 1.165) is 31.2 Å². The van der Waals surface area contributed by atoms with Crippen molar-refractivity contribution in [1.82, 2.24) is 16.0 Å². The number of amides is 3. The summed E-state index contributed by atoms with van der Waals surface area (Å²) in [7, 11) is 0. The van der Waals surface area contributed by atoms with Crippen LogP contribution in [0.5, 0.6) is 0 Å². The van der Waals surface area contributed by atoms with Crippen molar-refractivity contribution in [1.29, 1.82) is 0 Å². The molecule has 1 fully saturated rings. The Morgan fingerprint density at radius 3 is 2.00 bits per heavy atom. The van der Waals surface area contributed by atoms with Crippen LogP contribution in [-0.2, 0) is 6.54 Å². The molecule has 0 bridgehead atoms. The number of benzene rings is 2. The third kappa shape index (κ3) is 7.02. The first-order valence-electron chi connectivity index (χ1n) is 10.3. The van der Waals surface area contributed by atoms with Crippen LogP contribution < -0.4 is 16.0 Å². The molecule has 0 heterocycles. The monoisotopic (exact) mass is 431 g/mol. The second-order valence-corrected chi connectivity index (χ2v) is 8.23. The standard InChI is InChI=1S/C23H27ClFN3O2/c24-20-9-7-19(8-10-20)22(29)26-13-16-1-3-17(4-2-16)14-27-23(30)28-15-18-5-11-21(25)12-6-18/h5-12,16-17H,1-4,13-15H2,(H,26,29)(H2,27,28,30). The van der Waals surface area contributed by atoms with Crippen LogP contribution in [0.1, 0.15) is 41.6 Å². The maximum atomic E-state index is 12.9. The minimum Gasteiger partial charge on any atom is -0.352 e. The molecule has 1 saturated carbocycles. The number of halogens is 2. The normalized spacial score (nSPS) is 18.5. The Morgan fingerprint density at radius 1 is 0.833 bits per heavy atom. The van der Waals surface area contributed by atoms with Gasteiger partial charge in [-0.25, -0.2) is 9.18 Å². The highest BCUT2D eigenvalue weighted by molar-refractivity contribution is 6.30. The lowest BCUT2D eigenvalue weighted by Gasteiger charge is -2.28. The van der Waals surface area contributed by atoms with Gasteiger partial charge in [-0.15, -0.1) is 0 Å². The molecule has 5 nitrogen and oxygen atoms in total. The minimum absolute atomic E-state index is 0.0757. The Kier molecular flexibility index (Phi) is 8.08. The van der Waals surface area contributed by atoms with Crippen molar-refractivity contribution in [3.8, 4) is 0 Å². The number of rotatable bonds is 7. The molecule has 0 atom stereocenters. The van der Waals surface area contributed by atoms with E-state index in [1.54, 1.807) is 36.4 Å². The van der Waals surface area contributed by atoms with Crippen LogP contribution in [-0.4, -0.2) is 25.0 Å². The zero-order chi connectivity index (χ0) is 21.3. The molecule has 3 rings (SSSR count). The van der Waals surface area contributed by atoms with Gasteiger partial charge in [-0.3, -0.25) is 4.79 Å². The number of hydrogen-bond acceptors (Lipinski definition) is 2. The fraction of sp³-hybridized carbons (Fsp3) is 0.391. The van der Waals surface area contributed by atoms with E-state index in [-0.39, 0.29) is 17.8 Å². The summed E-state index contributed by atoms with van der Waals surface area (Å²) in [5.74, 6) is 0.547. The Balaban J connectivity index is 1.29. The molecular weight excluding hydrogens is 405 g/mol. The lowest BCUT2D eigenvalue weighted by atomic mass is 9.82. The molecule has 0 unspecified atom stereocenters. The Hall–Kier alpha value is -2.60. The van der Waals surface area contributed by atoms with Crippen LogP contribution in [0.4, 0.5) is 9.18 Å². The van der Waals surface area contributed by atoms with Crippen molar-refractivity contribution < 1.29 is 14.0 Å². The predicted molar refractivity (Wildman–Crippen MR) is 116 cm³/mol. The maximum Gasteiger partial charge on any atom is 0.315 e. The smallest absolute Gasteiger partial charge is 0.315 e. The molecular formula is C23H27ClFN3O2. The van der Waals surface area contributed by atoms with Crippen molar-refractivity contribution in [2.45, 2.75) is 32.2 Å². The molecule has 7 heteroatoms. The van der Waals surface area contributed by atoms with Crippen LogP contribution >= 0.6 is 11.6 Å². The van der Waals surface area contributed by atoms with Gasteiger partial charge in [0.1, 0.15) is 5.82 Å². The van der Waals surface area contributed by atoms with Crippen LogP contribution in [0.15, 0.2) is 48.5 Å². The second-order valence-electron chi connectivity index (χ2n) is 7.79. The van der Waals surface area contributed by atoms with Crippen LogP contribution in [0, 0.1) is 17.7 Å². The van der Waals surface area contributed by atoms with Gasteiger partial charge in [0.15, 0.2) is 0 Å². The van der Waals surface area contributed by atoms with Crippen molar-refractivity contribution >= 4 is 23.5 Å². The molecule has 0 saturated heterocycles. The number of carbonyl (C=O) groups is 2. The summed E-state index contributed by atoms with van der Waals surface area (Å²) < 4.78 is 12.9. The van der Waals surface area contributed by atoms with Gasteiger partial charge in [0.05, 0.1) is 0 Å². The molecule has 3 amide bonds. The van der Waals surface area contributed by atoms with E-state index in [4.69, 9.17) is 11.6 Å². The Morgan fingerprint density at radius 2 is 1.40 bits per heavy atom. The van der Waals surface area contributed by atoms with Crippen LogP contribution in [0.25, 0.3) is 0 Å². The molecule has 160 valence electrons. The summed E-state index contributed by atoms with van der Waals surface area (Å²) in [6, 6.07) is 12.7. The van der Waals surface area contributed by atoms with Crippen molar-refractivity contribution in [3.63, 3.8) is 0 Å². The SMILES string of the molecule is O=C(NCc1ccc(F)cc1)NCC1CCC(CNC(=O)c2ccc(Cl)cc2)CC1. The lowest BCUT2D eigenvalue weighted by Crippen LogP contribution is -2.39. The summed E-state index contributed by atoms with van der Waals surface area (Å²) in [6.45, 7) is 1.67. The quantitative estimate of drug-likeness (QED) is 0.603. The van der Waals surface area contributed by atoms with Crippen LogP contribution in [0.2, 0.25) is 5.02 Å². The first kappa shape index (κ1) is 22.1. The molecule has 2 aromatic carbocycles. The maximum absolute atomic E-state index is 12.9. The largest absolute Gasteiger partial charge is 0.352 e. The first-order valence-corrected chi connectivity index (χ1v) is 10.7. The first-order chi connectivity index (χ1) is 14.5. The van der Waals surface area contributed by atoms with Gasteiger partial charge in [0.25, 0.3) is 5.91 Å². The zero-order valence-electron chi connectivity index (χ0n) is 16.8. The molecule has 0 aliphatic heterocycles. The highest BCUT2D eigenvalue weighted by Gasteiger charge is 2.22. The van der Waals surface area contributed by atoms with Crippen molar-refractivity contribution in [2.24, 2.45) is 11.8 Å². The fourth-order valence-corrected chi connectivity index (χ4v) is 3.79. The predicted octanol–water partition coefficient (Wildman–Crippen LogP) is 4.51. The van der Waals surface area contributed by atoms with Gasteiger partial charge in [-0.05, 0) is 79.5 Å². The molecule has 2 aromatic rings. The minimum atomic E-state index is -0.289. The van der Waals surface area contributed by atoms with Crippen molar-refractivity contribution in [2.75, 3.05) is 13.1 Å². The second kappa shape index (κ2) is 11.0. The van der Waals surface area contributed by atoms with Gasteiger partial charge in [0.2, 0.25) is 0 Å². The summed E-state index contributed by atoms with van der Waals surface area (Å²) in [5, 5.41) is 9.33. The van der Waals surface area contributed by atoms with Crippen molar-refractivity contribution in [3.05, 3.63) is 70.5 Å². The topological polar surface area (TPSA) is 70.2 Å². The average molecular weight is 432 g/mol. The number of hydrogen-bond donors (Lipinski definition) is 3. The number of nitrogens with one attached hydrogen (secondary N) is 3. The summed E-state index contributed by atoms with van der Waals surface area (Å²) in [6.07, 6.45) is 4.12. The summed E-state index contributed by atoms with van der Waals surface area (Å²) >= 11 is 5.85. The van der Waals surface area contributed by atoms with Gasteiger partial charge in [-0.2, -0.15) is 0 Å². The lowest BCUT2D eigenvalue weighted by molar-refractivity contribution is 0.0941. The molecule has 0 aromatic heterocycles. The molecule has 30 heavy (non-hydrogen) atoms. The van der Waals surface area contributed by atoms with E-state index in [2.05, 4.69) is 16.0 Å². The summed E-state index contributed by atoms with van der Waals surface area (Å²) in [4.78, 5) is 24.2. The third-order valence-corrected chi connectivity index (χ3v) is 5.79. The van der Waals surface area contributed by atoms with E-state index in [0.29, 0.717) is 42.1 Å². The molecule has 0 radical (unpaired) electrons. The van der Waals surface area contributed by atoms with Gasteiger partial charge in [-0.1, -0.05) is 23.7 Å². The molecule has 0 spiro atoms. The third-order valence-electron chi connectivity index (χ3n) is 5.54. The molecule has 1 aliphatic rings.